The second-order valence-electron chi connectivity index (χ2n) is 7.49. The number of ether oxygens (including phenoxy) is 1. The molecule has 3 heterocycles. The first kappa shape index (κ1) is 20.0. The summed E-state index contributed by atoms with van der Waals surface area (Å²) in [4.78, 5) is 12.3. The van der Waals surface area contributed by atoms with Gasteiger partial charge in [-0.3, -0.25) is 9.48 Å². The van der Waals surface area contributed by atoms with Crippen LogP contribution in [0.4, 0.5) is 5.82 Å². The third-order valence-electron chi connectivity index (χ3n) is 5.16. The summed E-state index contributed by atoms with van der Waals surface area (Å²) in [5.41, 5.74) is 2.57. The monoisotopic (exact) mass is 406 g/mol. The van der Waals surface area contributed by atoms with Crippen LogP contribution in [0.15, 0.2) is 54.9 Å². The summed E-state index contributed by atoms with van der Waals surface area (Å²) in [6, 6.07) is 13.8. The summed E-state index contributed by atoms with van der Waals surface area (Å²) in [6.07, 6.45) is 5.53. The molecule has 1 aliphatic rings. The van der Waals surface area contributed by atoms with Crippen LogP contribution in [0.1, 0.15) is 47.4 Å². The van der Waals surface area contributed by atoms with Crippen LogP contribution in [0.25, 0.3) is 0 Å². The van der Waals surface area contributed by atoms with Gasteiger partial charge < -0.3 is 15.4 Å². The molecule has 4 rings (SSSR count). The predicted octanol–water partition coefficient (Wildman–Crippen LogP) is 2.80. The lowest BCUT2D eigenvalue weighted by Gasteiger charge is -2.22. The van der Waals surface area contributed by atoms with E-state index in [1.807, 2.05) is 42.2 Å². The third kappa shape index (κ3) is 5.21. The standard InChI is InChI=1S/C22H26N6O2/c1-16(18-13-23-28(15-18)14-17-5-3-2-4-6-17)24-21-8-7-20(26-27-21)22(29)25-19-9-11-30-12-10-19/h2-8,13,15-16,19H,9-12,14H2,1H3,(H,24,27)(H,25,29). The Kier molecular flexibility index (Phi) is 6.34. The molecule has 1 saturated heterocycles. The number of hydrogen-bond acceptors (Lipinski definition) is 6. The van der Waals surface area contributed by atoms with E-state index in [9.17, 15) is 4.79 Å². The van der Waals surface area contributed by atoms with Gasteiger partial charge in [-0.25, -0.2) is 0 Å². The van der Waals surface area contributed by atoms with Crippen molar-refractivity contribution in [2.45, 2.75) is 38.4 Å². The molecule has 30 heavy (non-hydrogen) atoms. The van der Waals surface area contributed by atoms with Crippen molar-refractivity contribution in [3.05, 3.63) is 71.7 Å². The van der Waals surface area contributed by atoms with Gasteiger partial charge in [-0.05, 0) is 37.5 Å². The van der Waals surface area contributed by atoms with Gasteiger partial charge in [0, 0.05) is 31.0 Å². The fourth-order valence-corrected chi connectivity index (χ4v) is 3.40. The maximum absolute atomic E-state index is 12.3. The van der Waals surface area contributed by atoms with Gasteiger partial charge in [-0.1, -0.05) is 30.3 Å². The summed E-state index contributed by atoms with van der Waals surface area (Å²) >= 11 is 0. The second-order valence-corrected chi connectivity index (χ2v) is 7.49. The topological polar surface area (TPSA) is 94.0 Å². The van der Waals surface area contributed by atoms with Gasteiger partial charge in [0.1, 0.15) is 5.82 Å². The van der Waals surface area contributed by atoms with Crippen molar-refractivity contribution in [3.63, 3.8) is 0 Å². The highest BCUT2D eigenvalue weighted by molar-refractivity contribution is 5.92. The maximum atomic E-state index is 12.3. The van der Waals surface area contributed by atoms with Crippen molar-refractivity contribution in [2.24, 2.45) is 0 Å². The molecule has 156 valence electrons. The van der Waals surface area contributed by atoms with Crippen LogP contribution >= 0.6 is 0 Å². The smallest absolute Gasteiger partial charge is 0.272 e. The molecule has 0 radical (unpaired) electrons. The number of benzene rings is 1. The summed E-state index contributed by atoms with van der Waals surface area (Å²) in [5, 5.41) is 19.0. The summed E-state index contributed by atoms with van der Waals surface area (Å²) < 4.78 is 7.23. The van der Waals surface area contributed by atoms with E-state index in [-0.39, 0.29) is 18.0 Å². The summed E-state index contributed by atoms with van der Waals surface area (Å²) in [5.74, 6) is 0.414. The number of carbonyl (C=O) groups is 1. The number of hydrogen-bond donors (Lipinski definition) is 2. The molecular formula is C22H26N6O2. The Morgan fingerprint density at radius 2 is 1.97 bits per heavy atom. The average Bonchev–Trinajstić information content (AvgIpc) is 3.24. The van der Waals surface area contributed by atoms with E-state index < -0.39 is 0 Å². The third-order valence-corrected chi connectivity index (χ3v) is 5.16. The van der Waals surface area contributed by atoms with E-state index >= 15 is 0 Å². The van der Waals surface area contributed by atoms with E-state index in [1.165, 1.54) is 5.56 Å². The van der Waals surface area contributed by atoms with Gasteiger partial charge >= 0.3 is 0 Å². The minimum Gasteiger partial charge on any atom is -0.381 e. The van der Waals surface area contributed by atoms with Gasteiger partial charge in [-0.15, -0.1) is 10.2 Å². The lowest BCUT2D eigenvalue weighted by molar-refractivity contribution is 0.0693. The highest BCUT2D eigenvalue weighted by Gasteiger charge is 2.18. The molecular weight excluding hydrogens is 380 g/mol. The molecule has 1 aliphatic heterocycles. The molecule has 8 nitrogen and oxygen atoms in total. The molecule has 1 amide bonds. The van der Waals surface area contributed by atoms with Crippen LogP contribution in [0.3, 0.4) is 0 Å². The Morgan fingerprint density at radius 3 is 2.70 bits per heavy atom. The zero-order valence-electron chi connectivity index (χ0n) is 17.0. The number of carbonyl (C=O) groups excluding carboxylic acids is 1. The number of rotatable bonds is 7. The van der Waals surface area contributed by atoms with Crippen LogP contribution < -0.4 is 10.6 Å². The lowest BCUT2D eigenvalue weighted by atomic mass is 10.1. The van der Waals surface area contributed by atoms with Crippen LogP contribution in [0.2, 0.25) is 0 Å². The number of nitrogens with one attached hydrogen (secondary N) is 2. The first-order chi connectivity index (χ1) is 14.7. The lowest BCUT2D eigenvalue weighted by Crippen LogP contribution is -2.39. The quantitative estimate of drug-likeness (QED) is 0.627. The molecule has 1 aromatic carbocycles. The van der Waals surface area contributed by atoms with Crippen molar-refractivity contribution in [2.75, 3.05) is 18.5 Å². The molecule has 0 saturated carbocycles. The van der Waals surface area contributed by atoms with Crippen molar-refractivity contribution in [1.29, 1.82) is 0 Å². The molecule has 8 heteroatoms. The molecule has 2 aromatic heterocycles. The zero-order valence-corrected chi connectivity index (χ0v) is 17.0. The molecule has 0 bridgehead atoms. The van der Waals surface area contributed by atoms with Crippen molar-refractivity contribution in [1.82, 2.24) is 25.3 Å². The van der Waals surface area contributed by atoms with Crippen molar-refractivity contribution in [3.8, 4) is 0 Å². The highest BCUT2D eigenvalue weighted by Crippen LogP contribution is 2.17. The summed E-state index contributed by atoms with van der Waals surface area (Å²) in [6.45, 7) is 4.13. The highest BCUT2D eigenvalue weighted by atomic mass is 16.5. The predicted molar refractivity (Wildman–Crippen MR) is 113 cm³/mol. The van der Waals surface area contributed by atoms with Gasteiger partial charge in [0.2, 0.25) is 0 Å². The number of amides is 1. The van der Waals surface area contributed by atoms with Crippen LogP contribution in [-0.2, 0) is 11.3 Å². The van der Waals surface area contributed by atoms with Crippen molar-refractivity contribution >= 4 is 11.7 Å². The Hall–Kier alpha value is -3.26. The molecule has 1 unspecified atom stereocenters. The van der Waals surface area contributed by atoms with Crippen LogP contribution in [0.5, 0.6) is 0 Å². The Bertz CT molecular complexity index is 951. The van der Waals surface area contributed by atoms with Crippen molar-refractivity contribution < 1.29 is 9.53 Å². The zero-order chi connectivity index (χ0) is 20.8. The van der Waals surface area contributed by atoms with Gasteiger partial charge in [0.15, 0.2) is 5.69 Å². The van der Waals surface area contributed by atoms with E-state index in [2.05, 4.69) is 38.1 Å². The number of anilines is 1. The fraction of sp³-hybridized carbons (Fsp3) is 0.364. The summed E-state index contributed by atoms with van der Waals surface area (Å²) in [7, 11) is 0. The fourth-order valence-electron chi connectivity index (χ4n) is 3.40. The van der Waals surface area contributed by atoms with E-state index in [0.717, 1.165) is 24.9 Å². The molecule has 0 aliphatic carbocycles. The number of aromatic nitrogens is 4. The average molecular weight is 406 g/mol. The first-order valence-electron chi connectivity index (χ1n) is 10.2. The minimum absolute atomic E-state index is 0.00531. The molecule has 0 spiro atoms. The molecule has 2 N–H and O–H groups in total. The van der Waals surface area contributed by atoms with Gasteiger partial charge in [0.05, 0.1) is 18.8 Å². The Labute approximate surface area is 175 Å². The van der Waals surface area contributed by atoms with Crippen LogP contribution in [0, 0.1) is 0 Å². The second kappa shape index (κ2) is 9.49. The van der Waals surface area contributed by atoms with E-state index in [0.29, 0.717) is 24.7 Å². The largest absolute Gasteiger partial charge is 0.381 e. The van der Waals surface area contributed by atoms with Crippen LogP contribution in [-0.4, -0.2) is 45.1 Å². The normalized spacial score (nSPS) is 15.5. The van der Waals surface area contributed by atoms with E-state index in [1.54, 1.807) is 12.1 Å². The molecule has 3 aromatic rings. The Balaban J connectivity index is 1.32. The molecule has 1 fully saturated rings. The first-order valence-corrected chi connectivity index (χ1v) is 10.2. The number of nitrogens with zero attached hydrogens (tertiary/aromatic N) is 4. The SMILES string of the molecule is CC(Nc1ccc(C(=O)NC2CCOCC2)nn1)c1cnn(Cc2ccccc2)c1. The molecule has 1 atom stereocenters. The van der Waals surface area contributed by atoms with E-state index in [4.69, 9.17) is 4.74 Å². The Morgan fingerprint density at radius 1 is 1.17 bits per heavy atom. The van der Waals surface area contributed by atoms with Gasteiger partial charge in [-0.2, -0.15) is 5.10 Å². The maximum Gasteiger partial charge on any atom is 0.272 e. The minimum atomic E-state index is -0.198. The van der Waals surface area contributed by atoms with Gasteiger partial charge in [0.25, 0.3) is 5.91 Å².